The second-order valence-corrected chi connectivity index (χ2v) is 6.93. The van der Waals surface area contributed by atoms with Gasteiger partial charge in [0.2, 0.25) is 5.91 Å². The third-order valence-electron chi connectivity index (χ3n) is 4.38. The number of carbonyl (C=O) groups excluding carboxylic acids is 1. The molecule has 2 aromatic rings. The van der Waals surface area contributed by atoms with Crippen LogP contribution in [-0.4, -0.2) is 28.2 Å². The number of rotatable bonds is 5. The summed E-state index contributed by atoms with van der Waals surface area (Å²) in [6.45, 7) is 4.71. The number of benzene rings is 1. The van der Waals surface area contributed by atoms with Crippen LogP contribution in [0.25, 0.3) is 0 Å². The maximum Gasteiger partial charge on any atom is 0.237 e. The molecule has 0 atom stereocenters. The number of thioether (sulfide) groups is 1. The summed E-state index contributed by atoms with van der Waals surface area (Å²) in [5.41, 5.74) is 4.51. The predicted octanol–water partition coefficient (Wildman–Crippen LogP) is 3.81. The summed E-state index contributed by atoms with van der Waals surface area (Å²) in [6, 6.07) is 9.79. The third-order valence-corrected chi connectivity index (χ3v) is 5.21. The number of fused-ring (bicyclic) bond motifs is 1. The Hall–Kier alpha value is -1.88. The van der Waals surface area contributed by atoms with E-state index in [4.69, 9.17) is 0 Å². The lowest BCUT2D eigenvalue weighted by Crippen LogP contribution is -2.32. The number of carbonyl (C=O) groups is 1. The third kappa shape index (κ3) is 3.78. The van der Waals surface area contributed by atoms with E-state index in [1.54, 1.807) is 4.90 Å². The highest BCUT2D eigenvalue weighted by molar-refractivity contribution is 7.99. The van der Waals surface area contributed by atoms with Crippen molar-refractivity contribution in [3.8, 4) is 0 Å². The van der Waals surface area contributed by atoms with Crippen LogP contribution in [0.5, 0.6) is 0 Å². The lowest BCUT2D eigenvalue weighted by molar-refractivity contribution is -0.116. The van der Waals surface area contributed by atoms with Crippen LogP contribution in [0.15, 0.2) is 35.5 Å². The van der Waals surface area contributed by atoms with E-state index in [1.165, 1.54) is 35.9 Å². The fraction of sp³-hybridized carbons (Fsp3) is 0.421. The zero-order valence-electron chi connectivity index (χ0n) is 14.3. The summed E-state index contributed by atoms with van der Waals surface area (Å²) in [4.78, 5) is 23.7. The molecule has 0 fully saturated rings. The first-order valence-electron chi connectivity index (χ1n) is 8.53. The van der Waals surface area contributed by atoms with Crippen LogP contribution >= 0.6 is 11.8 Å². The molecule has 126 valence electrons. The van der Waals surface area contributed by atoms with E-state index in [1.807, 2.05) is 37.3 Å². The second-order valence-electron chi connectivity index (χ2n) is 5.99. The van der Waals surface area contributed by atoms with Crippen molar-refractivity contribution >= 4 is 23.4 Å². The SMILES string of the molecule is CCN(C(=O)CSc1nc(C)c2c(n1)CCCC2)c1ccccc1. The van der Waals surface area contributed by atoms with E-state index in [9.17, 15) is 4.79 Å². The molecule has 0 N–H and O–H groups in total. The molecule has 4 nitrogen and oxygen atoms in total. The zero-order chi connectivity index (χ0) is 16.9. The molecule has 1 heterocycles. The van der Waals surface area contributed by atoms with Crippen LogP contribution in [0.4, 0.5) is 5.69 Å². The Morgan fingerprint density at radius 1 is 1.17 bits per heavy atom. The van der Waals surface area contributed by atoms with Crippen molar-refractivity contribution in [3.05, 3.63) is 47.3 Å². The van der Waals surface area contributed by atoms with Gasteiger partial charge in [-0.2, -0.15) is 0 Å². The Labute approximate surface area is 147 Å². The summed E-state index contributed by atoms with van der Waals surface area (Å²) in [5.74, 6) is 0.453. The number of aryl methyl sites for hydroxylation is 2. The Morgan fingerprint density at radius 3 is 2.67 bits per heavy atom. The van der Waals surface area contributed by atoms with Crippen LogP contribution in [0.1, 0.15) is 36.7 Å². The van der Waals surface area contributed by atoms with Crippen molar-refractivity contribution in [1.82, 2.24) is 9.97 Å². The average molecular weight is 341 g/mol. The van der Waals surface area contributed by atoms with E-state index in [0.29, 0.717) is 12.3 Å². The lowest BCUT2D eigenvalue weighted by Gasteiger charge is -2.21. The molecule has 0 aliphatic heterocycles. The van der Waals surface area contributed by atoms with Gasteiger partial charge in [-0.05, 0) is 57.2 Å². The summed E-state index contributed by atoms with van der Waals surface area (Å²) < 4.78 is 0. The normalized spacial score (nSPS) is 13.4. The summed E-state index contributed by atoms with van der Waals surface area (Å²) in [5, 5.41) is 0.727. The highest BCUT2D eigenvalue weighted by atomic mass is 32.2. The molecule has 0 bridgehead atoms. The maximum absolute atomic E-state index is 12.6. The van der Waals surface area contributed by atoms with Gasteiger partial charge < -0.3 is 4.90 Å². The van der Waals surface area contributed by atoms with Crippen molar-refractivity contribution < 1.29 is 4.79 Å². The summed E-state index contributed by atoms with van der Waals surface area (Å²) >= 11 is 1.44. The number of nitrogens with zero attached hydrogens (tertiary/aromatic N) is 3. The van der Waals surface area contributed by atoms with Gasteiger partial charge in [0, 0.05) is 23.6 Å². The first kappa shape index (κ1) is 17.0. The molecule has 24 heavy (non-hydrogen) atoms. The van der Waals surface area contributed by atoms with Crippen molar-refractivity contribution in [2.75, 3.05) is 17.2 Å². The van der Waals surface area contributed by atoms with E-state index in [-0.39, 0.29) is 5.91 Å². The quantitative estimate of drug-likeness (QED) is 0.613. The predicted molar refractivity (Wildman–Crippen MR) is 98.6 cm³/mol. The van der Waals surface area contributed by atoms with Crippen molar-refractivity contribution in [2.45, 2.75) is 44.7 Å². The fourth-order valence-corrected chi connectivity index (χ4v) is 3.92. The Morgan fingerprint density at radius 2 is 1.92 bits per heavy atom. The van der Waals surface area contributed by atoms with Crippen LogP contribution in [0.2, 0.25) is 0 Å². The first-order valence-corrected chi connectivity index (χ1v) is 9.52. The summed E-state index contributed by atoms with van der Waals surface area (Å²) in [7, 11) is 0. The molecule has 0 saturated heterocycles. The van der Waals surface area contributed by atoms with Crippen LogP contribution in [0.3, 0.4) is 0 Å². The molecular formula is C19H23N3OS. The average Bonchev–Trinajstić information content (AvgIpc) is 2.61. The monoisotopic (exact) mass is 341 g/mol. The van der Waals surface area contributed by atoms with Gasteiger partial charge in [-0.1, -0.05) is 30.0 Å². The van der Waals surface area contributed by atoms with E-state index < -0.39 is 0 Å². The zero-order valence-corrected chi connectivity index (χ0v) is 15.1. The molecule has 0 saturated carbocycles. The molecular weight excluding hydrogens is 318 g/mol. The molecule has 5 heteroatoms. The van der Waals surface area contributed by atoms with Gasteiger partial charge in [0.25, 0.3) is 0 Å². The van der Waals surface area contributed by atoms with Gasteiger partial charge in [0.1, 0.15) is 0 Å². The molecule has 0 unspecified atom stereocenters. The number of hydrogen-bond acceptors (Lipinski definition) is 4. The molecule has 3 rings (SSSR count). The largest absolute Gasteiger partial charge is 0.312 e. The van der Waals surface area contributed by atoms with E-state index in [0.717, 1.165) is 29.4 Å². The van der Waals surface area contributed by atoms with E-state index >= 15 is 0 Å². The Kier molecular flexibility index (Phi) is 5.51. The Bertz CT molecular complexity index is 718. The molecule has 1 aliphatic rings. The van der Waals surface area contributed by atoms with Gasteiger partial charge in [0.15, 0.2) is 5.16 Å². The molecule has 1 amide bonds. The Balaban J connectivity index is 1.69. The number of hydrogen-bond donors (Lipinski definition) is 0. The minimum Gasteiger partial charge on any atom is -0.312 e. The highest BCUT2D eigenvalue weighted by Crippen LogP contribution is 2.25. The number of anilines is 1. The number of aromatic nitrogens is 2. The van der Waals surface area contributed by atoms with Crippen molar-refractivity contribution in [3.63, 3.8) is 0 Å². The topological polar surface area (TPSA) is 46.1 Å². The smallest absolute Gasteiger partial charge is 0.237 e. The molecule has 0 radical (unpaired) electrons. The molecule has 1 aliphatic carbocycles. The molecule has 0 spiro atoms. The second kappa shape index (κ2) is 7.79. The summed E-state index contributed by atoms with van der Waals surface area (Å²) in [6.07, 6.45) is 4.54. The standard InChI is InChI=1S/C19H23N3OS/c1-3-22(15-9-5-4-6-10-15)18(23)13-24-19-20-14(2)16-11-7-8-12-17(16)21-19/h4-6,9-10H,3,7-8,11-13H2,1-2H3. The molecule has 1 aromatic carbocycles. The van der Waals surface area contributed by atoms with Gasteiger partial charge in [-0.15, -0.1) is 0 Å². The fourth-order valence-electron chi connectivity index (χ4n) is 3.13. The highest BCUT2D eigenvalue weighted by Gasteiger charge is 2.18. The minimum absolute atomic E-state index is 0.0904. The van der Waals surface area contributed by atoms with Gasteiger partial charge in [-0.3, -0.25) is 4.79 Å². The number of para-hydroxylation sites is 1. The van der Waals surface area contributed by atoms with Gasteiger partial charge >= 0.3 is 0 Å². The van der Waals surface area contributed by atoms with Gasteiger partial charge in [-0.25, -0.2) is 9.97 Å². The minimum atomic E-state index is 0.0904. The van der Waals surface area contributed by atoms with Gasteiger partial charge in [0.05, 0.1) is 5.75 Å². The number of amides is 1. The van der Waals surface area contributed by atoms with E-state index in [2.05, 4.69) is 16.9 Å². The maximum atomic E-state index is 12.6. The van der Waals surface area contributed by atoms with Crippen molar-refractivity contribution in [2.24, 2.45) is 0 Å². The first-order chi connectivity index (χ1) is 11.7. The van der Waals surface area contributed by atoms with Crippen molar-refractivity contribution in [1.29, 1.82) is 0 Å². The van der Waals surface area contributed by atoms with Crippen LogP contribution in [0, 0.1) is 6.92 Å². The molecule has 1 aromatic heterocycles. The van der Waals surface area contributed by atoms with Crippen LogP contribution < -0.4 is 4.90 Å². The van der Waals surface area contributed by atoms with Crippen LogP contribution in [-0.2, 0) is 17.6 Å². The lowest BCUT2D eigenvalue weighted by atomic mass is 9.95.